The van der Waals surface area contributed by atoms with Crippen LogP contribution < -0.4 is 4.90 Å². The molecule has 1 unspecified atom stereocenters. The van der Waals surface area contributed by atoms with Crippen LogP contribution >= 0.6 is 0 Å². The van der Waals surface area contributed by atoms with Crippen LogP contribution in [-0.2, 0) is 14.8 Å². The van der Waals surface area contributed by atoms with Crippen molar-refractivity contribution in [2.24, 2.45) is 5.10 Å². The predicted octanol–water partition coefficient (Wildman–Crippen LogP) is 3.80. The van der Waals surface area contributed by atoms with E-state index in [-0.39, 0.29) is 49.1 Å². The second-order valence-corrected chi connectivity index (χ2v) is 11.3. The Morgan fingerprint density at radius 3 is 2.41 bits per heavy atom. The van der Waals surface area contributed by atoms with Gasteiger partial charge in [-0.05, 0) is 59.6 Å². The van der Waals surface area contributed by atoms with Gasteiger partial charge in [-0.25, -0.2) is 13.8 Å². The lowest BCUT2D eigenvalue weighted by atomic mass is 9.91. The molecule has 1 saturated carbocycles. The second-order valence-electron chi connectivity index (χ2n) is 9.52. The van der Waals surface area contributed by atoms with E-state index in [9.17, 15) is 22.0 Å². The maximum Gasteiger partial charge on any atom is 0.283 e. The number of halogens is 2. The zero-order valence-electron chi connectivity index (χ0n) is 20.8. The number of anilines is 1. The Bertz CT molecular complexity index is 1050. The third-order valence-electron chi connectivity index (χ3n) is 6.63. The summed E-state index contributed by atoms with van der Waals surface area (Å²) in [4.78, 5) is 21.2. The van der Waals surface area contributed by atoms with Crippen LogP contribution in [0.25, 0.3) is 0 Å². The van der Waals surface area contributed by atoms with E-state index in [1.807, 2.05) is 25.7 Å². The smallest absolute Gasteiger partial charge is 0.283 e. The van der Waals surface area contributed by atoms with Gasteiger partial charge in [0.15, 0.2) is 0 Å². The molecule has 0 spiro atoms. The number of aryl methyl sites for hydroxylation is 1. The van der Waals surface area contributed by atoms with E-state index < -0.39 is 27.9 Å². The number of hydrogen-bond donors (Lipinski definition) is 0. The summed E-state index contributed by atoms with van der Waals surface area (Å²) < 4.78 is 55.8. The molecule has 1 aliphatic carbocycles. The van der Waals surface area contributed by atoms with Crippen LogP contribution in [0.15, 0.2) is 22.1 Å². The van der Waals surface area contributed by atoms with E-state index in [0.717, 1.165) is 4.41 Å². The fourth-order valence-electron chi connectivity index (χ4n) is 4.66. The minimum Gasteiger partial charge on any atom is -0.353 e. The predicted molar refractivity (Wildman–Crippen MR) is 128 cm³/mol. The number of hydrazone groups is 1. The highest BCUT2D eigenvalue weighted by Crippen LogP contribution is 2.36. The summed E-state index contributed by atoms with van der Waals surface area (Å²) in [6, 6.07) is 1.73. The van der Waals surface area contributed by atoms with Crippen LogP contribution in [-0.4, -0.2) is 72.0 Å². The fraction of sp³-hybridized carbons (Fsp3) is 0.696. The molecule has 0 bridgehead atoms. The van der Waals surface area contributed by atoms with Crippen molar-refractivity contribution >= 4 is 27.5 Å². The quantitative estimate of drug-likeness (QED) is 0.570. The number of pyridine rings is 1. The highest BCUT2D eigenvalue weighted by atomic mass is 32.2. The summed E-state index contributed by atoms with van der Waals surface area (Å²) in [5.74, 6) is -2.82. The first-order valence-corrected chi connectivity index (χ1v) is 13.2. The van der Waals surface area contributed by atoms with Crippen LogP contribution in [0.5, 0.6) is 0 Å². The van der Waals surface area contributed by atoms with Crippen molar-refractivity contribution in [2.75, 3.05) is 18.5 Å². The molecule has 1 aliphatic heterocycles. The van der Waals surface area contributed by atoms with Gasteiger partial charge in [-0.3, -0.25) is 4.79 Å². The first-order chi connectivity index (χ1) is 15.8. The molecule has 190 valence electrons. The van der Waals surface area contributed by atoms with Gasteiger partial charge >= 0.3 is 0 Å². The van der Waals surface area contributed by atoms with Crippen molar-refractivity contribution in [1.29, 1.82) is 0 Å². The molecule has 1 aromatic heterocycles. The number of carbonyl (C=O) groups is 1. The molecule has 34 heavy (non-hydrogen) atoms. The minimum absolute atomic E-state index is 0.00468. The molecule has 0 N–H and O–H groups in total. The first-order valence-electron chi connectivity index (χ1n) is 11.8. The van der Waals surface area contributed by atoms with Crippen molar-refractivity contribution in [1.82, 2.24) is 14.3 Å². The maximum absolute atomic E-state index is 13.8. The molecule has 2 heterocycles. The van der Waals surface area contributed by atoms with Crippen LogP contribution in [0.3, 0.4) is 0 Å². The molecule has 0 aromatic carbocycles. The van der Waals surface area contributed by atoms with E-state index in [2.05, 4.69) is 10.1 Å². The van der Waals surface area contributed by atoms with E-state index in [1.165, 1.54) is 11.0 Å². The molecule has 0 radical (unpaired) electrons. The molecule has 2 aliphatic rings. The third-order valence-corrected chi connectivity index (χ3v) is 8.33. The minimum atomic E-state index is -4.21. The standard InChI is InChI=1S/C23H35F2N5O3S/c1-7-29(15(2)3)21-20(9-8-16(4)26-21)34(32,33)30-19(14-17(5)27-30)22(31)28(6)18-10-12-23(24,25)13-11-18/h8-9,15,18-19H,7,10-14H2,1-6H3. The zero-order valence-corrected chi connectivity index (χ0v) is 21.6. The van der Waals surface area contributed by atoms with Crippen molar-refractivity contribution in [3.8, 4) is 0 Å². The summed E-state index contributed by atoms with van der Waals surface area (Å²) in [6.45, 7) is 9.86. The zero-order chi connectivity index (χ0) is 25.4. The van der Waals surface area contributed by atoms with E-state index in [1.54, 1.807) is 27.0 Å². The number of rotatable bonds is 7. The Hall–Kier alpha value is -2.30. The summed E-state index contributed by atoms with van der Waals surface area (Å²) >= 11 is 0. The first kappa shape index (κ1) is 26.3. The number of alkyl halides is 2. The molecule has 1 amide bonds. The number of carbonyl (C=O) groups excluding carboxylic acids is 1. The number of hydrogen-bond acceptors (Lipinski definition) is 6. The number of aromatic nitrogens is 1. The molecule has 0 saturated heterocycles. The Labute approximate surface area is 201 Å². The molecule has 1 atom stereocenters. The summed E-state index contributed by atoms with van der Waals surface area (Å²) in [5, 5.41) is 4.23. The number of sulfonamides is 1. The molecule has 8 nitrogen and oxygen atoms in total. The Balaban J connectivity index is 1.94. The van der Waals surface area contributed by atoms with Crippen LogP contribution in [0.4, 0.5) is 14.6 Å². The largest absolute Gasteiger partial charge is 0.353 e. The SMILES string of the molecule is CCN(c1nc(C)ccc1S(=O)(=O)N1N=C(C)CC1C(=O)N(C)C1CCC(F)(F)CC1)C(C)C. The highest BCUT2D eigenvalue weighted by molar-refractivity contribution is 7.89. The van der Waals surface area contributed by atoms with Gasteiger partial charge in [0.1, 0.15) is 16.8 Å². The molecular weight excluding hydrogens is 464 g/mol. The van der Waals surface area contributed by atoms with Crippen LogP contribution in [0, 0.1) is 6.92 Å². The van der Waals surface area contributed by atoms with Crippen molar-refractivity contribution in [2.45, 2.75) is 95.7 Å². The molecule has 11 heteroatoms. The van der Waals surface area contributed by atoms with E-state index in [4.69, 9.17) is 0 Å². The van der Waals surface area contributed by atoms with Gasteiger partial charge < -0.3 is 9.80 Å². The summed E-state index contributed by atoms with van der Waals surface area (Å²) in [6.07, 6.45) is -0.0433. The number of likely N-dealkylation sites (N-methyl/N-ethyl adjacent to an activating group) is 1. The lowest BCUT2D eigenvalue weighted by Crippen LogP contribution is -2.50. The second kappa shape index (κ2) is 9.75. The van der Waals surface area contributed by atoms with Gasteiger partial charge in [0.25, 0.3) is 10.0 Å². The normalized spacial score (nSPS) is 21.0. The Morgan fingerprint density at radius 2 is 1.85 bits per heavy atom. The number of nitrogens with zero attached hydrogens (tertiary/aromatic N) is 5. The highest BCUT2D eigenvalue weighted by Gasteiger charge is 2.45. The van der Waals surface area contributed by atoms with Crippen LogP contribution in [0.2, 0.25) is 0 Å². The lowest BCUT2D eigenvalue weighted by molar-refractivity contribution is -0.138. The lowest BCUT2D eigenvalue weighted by Gasteiger charge is -2.36. The topological polar surface area (TPSA) is 86.2 Å². The van der Waals surface area contributed by atoms with Crippen LogP contribution in [0.1, 0.15) is 65.5 Å². The number of amides is 1. The average Bonchev–Trinajstić information content (AvgIpc) is 3.15. The average molecular weight is 500 g/mol. The monoisotopic (exact) mass is 499 g/mol. The Kier molecular flexibility index (Phi) is 7.54. The van der Waals surface area contributed by atoms with E-state index in [0.29, 0.717) is 23.8 Å². The Morgan fingerprint density at radius 1 is 1.24 bits per heavy atom. The van der Waals surface area contributed by atoms with Gasteiger partial charge in [-0.1, -0.05) is 0 Å². The van der Waals surface area contributed by atoms with Gasteiger partial charge in [0, 0.05) is 56.3 Å². The van der Waals surface area contributed by atoms with E-state index >= 15 is 0 Å². The van der Waals surface area contributed by atoms with Crippen molar-refractivity contribution < 1.29 is 22.0 Å². The molecule has 1 aromatic rings. The summed E-state index contributed by atoms with van der Waals surface area (Å²) in [7, 11) is -2.65. The molecular formula is C23H35F2N5O3S. The van der Waals surface area contributed by atoms with Gasteiger partial charge in [0.2, 0.25) is 11.8 Å². The molecule has 3 rings (SSSR count). The van der Waals surface area contributed by atoms with Crippen molar-refractivity contribution in [3.05, 3.63) is 17.8 Å². The van der Waals surface area contributed by atoms with Gasteiger partial charge in [-0.15, -0.1) is 0 Å². The summed E-state index contributed by atoms with van der Waals surface area (Å²) in [5.41, 5.74) is 1.19. The third kappa shape index (κ3) is 5.18. The fourth-order valence-corrected chi connectivity index (χ4v) is 6.25. The van der Waals surface area contributed by atoms with Gasteiger partial charge in [-0.2, -0.15) is 17.9 Å². The van der Waals surface area contributed by atoms with Crippen molar-refractivity contribution in [3.63, 3.8) is 0 Å². The van der Waals surface area contributed by atoms with Gasteiger partial charge in [0.05, 0.1) is 0 Å². The molecule has 1 fully saturated rings. The maximum atomic E-state index is 13.8.